The molecule has 2 aromatic carbocycles. The fraction of sp³-hybridized carbons (Fsp3) is 0.464. The van der Waals surface area contributed by atoms with Crippen LogP contribution in [0, 0.1) is 11.3 Å². The van der Waals surface area contributed by atoms with Crippen molar-refractivity contribution in [3.8, 4) is 0 Å². The summed E-state index contributed by atoms with van der Waals surface area (Å²) in [6.07, 6.45) is 5.40. The molecular formula is C28H35N2O2+. The summed E-state index contributed by atoms with van der Waals surface area (Å²) in [6, 6.07) is 21.1. The van der Waals surface area contributed by atoms with E-state index in [1.165, 1.54) is 16.7 Å². The van der Waals surface area contributed by atoms with Crippen LogP contribution in [0.15, 0.2) is 72.3 Å². The van der Waals surface area contributed by atoms with E-state index in [1.807, 2.05) is 12.1 Å². The van der Waals surface area contributed by atoms with Crippen LogP contribution in [0.1, 0.15) is 30.4 Å². The van der Waals surface area contributed by atoms with Crippen molar-refractivity contribution in [3.63, 3.8) is 0 Å². The SMILES string of the molecule is C[N+]1(C)CC[C@]23C(=O)N(Cc4ccccc4)CCC2C(COCc2ccccc2)=CC[C@@H]31. The van der Waals surface area contributed by atoms with Gasteiger partial charge in [0.2, 0.25) is 5.91 Å². The van der Waals surface area contributed by atoms with E-state index in [9.17, 15) is 4.79 Å². The third kappa shape index (κ3) is 3.70. The first-order chi connectivity index (χ1) is 15.5. The molecule has 2 heterocycles. The van der Waals surface area contributed by atoms with Gasteiger partial charge in [0.1, 0.15) is 11.5 Å². The first kappa shape index (κ1) is 21.4. The third-order valence-corrected chi connectivity index (χ3v) is 8.18. The van der Waals surface area contributed by atoms with E-state index in [0.29, 0.717) is 31.1 Å². The van der Waals surface area contributed by atoms with Crippen LogP contribution in [0.25, 0.3) is 0 Å². The molecule has 1 amide bonds. The van der Waals surface area contributed by atoms with E-state index in [0.717, 1.165) is 43.4 Å². The van der Waals surface area contributed by atoms with Gasteiger partial charge in [0.15, 0.2) is 0 Å². The fourth-order valence-electron chi connectivity index (χ4n) is 6.55. The Kier molecular flexibility index (Phi) is 5.68. The number of amides is 1. The number of carbonyl (C=O) groups excluding carboxylic acids is 1. The Morgan fingerprint density at radius 2 is 1.69 bits per heavy atom. The Morgan fingerprint density at radius 1 is 1.00 bits per heavy atom. The standard InChI is InChI=1S/C28H35N2O2/c1-30(2)18-16-28-25(15-17-29(27(28)31)19-22-9-5-3-6-10-22)24(13-14-26(28)30)21-32-20-23-11-7-4-8-12-23/h3-13,25-26H,14-21H2,1-2H3/q+1/t25?,26-,28-/m0/s1. The number of quaternary nitrogens is 1. The molecule has 4 nitrogen and oxygen atoms in total. The number of nitrogens with zero attached hydrogens (tertiary/aromatic N) is 2. The van der Waals surface area contributed by atoms with Gasteiger partial charge in [-0.2, -0.15) is 0 Å². The maximum Gasteiger partial charge on any atom is 0.235 e. The average molecular weight is 432 g/mol. The summed E-state index contributed by atoms with van der Waals surface area (Å²) >= 11 is 0. The fourth-order valence-corrected chi connectivity index (χ4v) is 6.55. The number of ether oxygens (including phenoxy) is 1. The number of likely N-dealkylation sites (tertiary alicyclic amines) is 2. The van der Waals surface area contributed by atoms with Gasteiger partial charge in [0.05, 0.1) is 33.9 Å². The first-order valence-electron chi connectivity index (χ1n) is 12.0. The molecule has 0 aromatic heterocycles. The van der Waals surface area contributed by atoms with E-state index < -0.39 is 0 Å². The van der Waals surface area contributed by atoms with Gasteiger partial charge in [0.25, 0.3) is 0 Å². The van der Waals surface area contributed by atoms with E-state index in [-0.39, 0.29) is 5.41 Å². The number of hydrogen-bond acceptors (Lipinski definition) is 2. The number of carbonyl (C=O) groups is 1. The minimum absolute atomic E-state index is 0.281. The Balaban J connectivity index is 1.37. The molecule has 4 heteroatoms. The second-order valence-corrected chi connectivity index (χ2v) is 10.4. The topological polar surface area (TPSA) is 29.5 Å². The number of rotatable bonds is 6. The smallest absolute Gasteiger partial charge is 0.235 e. The van der Waals surface area contributed by atoms with Gasteiger partial charge >= 0.3 is 0 Å². The molecule has 2 saturated heterocycles. The van der Waals surface area contributed by atoms with Crippen LogP contribution in [0.2, 0.25) is 0 Å². The maximum absolute atomic E-state index is 14.1. The van der Waals surface area contributed by atoms with Crippen molar-refractivity contribution in [1.29, 1.82) is 0 Å². The highest BCUT2D eigenvalue weighted by atomic mass is 16.5. The van der Waals surface area contributed by atoms with Gasteiger partial charge in [-0.3, -0.25) is 4.79 Å². The minimum Gasteiger partial charge on any atom is -0.372 e. The molecule has 0 N–H and O–H groups in total. The lowest BCUT2D eigenvalue weighted by molar-refractivity contribution is -0.905. The molecule has 0 saturated carbocycles. The van der Waals surface area contributed by atoms with Crippen LogP contribution in [-0.2, 0) is 22.7 Å². The Morgan fingerprint density at radius 3 is 2.41 bits per heavy atom. The van der Waals surface area contributed by atoms with Crippen molar-refractivity contribution < 1.29 is 14.0 Å². The molecule has 3 atom stereocenters. The maximum atomic E-state index is 14.1. The molecule has 2 fully saturated rings. The lowest BCUT2D eigenvalue weighted by atomic mass is 9.59. The van der Waals surface area contributed by atoms with Crippen LogP contribution in [0.5, 0.6) is 0 Å². The third-order valence-electron chi connectivity index (χ3n) is 8.18. The molecule has 0 bridgehead atoms. The van der Waals surface area contributed by atoms with Gasteiger partial charge in [-0.1, -0.05) is 66.7 Å². The van der Waals surface area contributed by atoms with Crippen molar-refractivity contribution in [2.75, 3.05) is 33.8 Å². The van der Waals surface area contributed by atoms with Crippen LogP contribution >= 0.6 is 0 Å². The van der Waals surface area contributed by atoms with Gasteiger partial charge in [-0.15, -0.1) is 0 Å². The highest BCUT2D eigenvalue weighted by Gasteiger charge is 2.66. The van der Waals surface area contributed by atoms with Crippen molar-refractivity contribution >= 4 is 5.91 Å². The second-order valence-electron chi connectivity index (χ2n) is 10.4. The zero-order valence-electron chi connectivity index (χ0n) is 19.4. The molecular weight excluding hydrogens is 396 g/mol. The average Bonchev–Trinajstić information content (AvgIpc) is 3.09. The van der Waals surface area contributed by atoms with Crippen molar-refractivity contribution in [3.05, 3.63) is 83.4 Å². The second kappa shape index (κ2) is 8.49. The lowest BCUT2D eigenvalue weighted by Crippen LogP contribution is -2.62. The highest BCUT2D eigenvalue weighted by Crippen LogP contribution is 2.56. The number of benzene rings is 2. The first-order valence-corrected chi connectivity index (χ1v) is 12.0. The normalized spacial score (nSPS) is 28.8. The van der Waals surface area contributed by atoms with Gasteiger partial charge in [0, 0.05) is 31.8 Å². The predicted molar refractivity (Wildman–Crippen MR) is 127 cm³/mol. The van der Waals surface area contributed by atoms with Crippen molar-refractivity contribution in [2.45, 2.75) is 38.5 Å². The van der Waals surface area contributed by atoms with Crippen molar-refractivity contribution in [1.82, 2.24) is 4.90 Å². The summed E-state index contributed by atoms with van der Waals surface area (Å²) < 4.78 is 7.11. The zero-order valence-corrected chi connectivity index (χ0v) is 19.4. The Bertz CT molecular complexity index is 985. The largest absolute Gasteiger partial charge is 0.372 e. The molecule has 2 aliphatic heterocycles. The summed E-state index contributed by atoms with van der Waals surface area (Å²) in [7, 11) is 4.62. The quantitative estimate of drug-likeness (QED) is 0.501. The lowest BCUT2D eigenvalue weighted by Gasteiger charge is -2.51. The molecule has 1 unspecified atom stereocenters. The zero-order chi connectivity index (χ0) is 22.2. The summed E-state index contributed by atoms with van der Waals surface area (Å²) in [5.41, 5.74) is 3.49. The van der Waals surface area contributed by atoms with Crippen LogP contribution in [0.3, 0.4) is 0 Å². The minimum atomic E-state index is -0.281. The summed E-state index contributed by atoms with van der Waals surface area (Å²) in [5, 5.41) is 0. The molecule has 3 aliphatic rings. The van der Waals surface area contributed by atoms with E-state index in [4.69, 9.17) is 4.74 Å². The van der Waals surface area contributed by atoms with E-state index >= 15 is 0 Å². The summed E-state index contributed by atoms with van der Waals surface area (Å²) in [6.45, 7) is 3.87. The molecule has 1 aliphatic carbocycles. The molecule has 5 rings (SSSR count). The van der Waals surface area contributed by atoms with Gasteiger partial charge < -0.3 is 14.1 Å². The van der Waals surface area contributed by atoms with Crippen LogP contribution in [0.4, 0.5) is 0 Å². The van der Waals surface area contributed by atoms with E-state index in [2.05, 4.69) is 73.6 Å². The van der Waals surface area contributed by atoms with Crippen LogP contribution < -0.4 is 0 Å². The summed E-state index contributed by atoms with van der Waals surface area (Å²) in [4.78, 5) is 16.3. The Hall–Kier alpha value is -2.43. The number of piperidine rings is 1. The summed E-state index contributed by atoms with van der Waals surface area (Å²) in [5.74, 6) is 0.677. The molecule has 2 aromatic rings. The monoisotopic (exact) mass is 431 g/mol. The van der Waals surface area contributed by atoms with Crippen molar-refractivity contribution in [2.24, 2.45) is 11.3 Å². The van der Waals surface area contributed by atoms with E-state index in [1.54, 1.807) is 0 Å². The van der Waals surface area contributed by atoms with Crippen LogP contribution in [-0.4, -0.2) is 55.1 Å². The Labute approximate surface area is 192 Å². The molecule has 0 radical (unpaired) electrons. The van der Waals surface area contributed by atoms with Gasteiger partial charge in [-0.25, -0.2) is 0 Å². The predicted octanol–water partition coefficient (Wildman–Crippen LogP) is 4.42. The van der Waals surface area contributed by atoms with Gasteiger partial charge in [-0.05, 0) is 23.1 Å². The molecule has 168 valence electrons. The highest BCUT2D eigenvalue weighted by molar-refractivity contribution is 5.86. The molecule has 1 spiro atoms. The number of hydrogen-bond donors (Lipinski definition) is 0. The molecule has 32 heavy (non-hydrogen) atoms.